The smallest absolute Gasteiger partial charge is 0.338 e. The second-order valence-electron chi connectivity index (χ2n) is 21.0. The van der Waals surface area contributed by atoms with Crippen LogP contribution in [0.2, 0.25) is 0 Å². The third kappa shape index (κ3) is 10.1. The number of carbonyl (C=O) groups excluding carboxylic acids is 4. The van der Waals surface area contributed by atoms with Crippen molar-refractivity contribution < 1.29 is 66.9 Å². The van der Waals surface area contributed by atoms with Gasteiger partial charge in [-0.25, -0.2) is 4.79 Å². The first kappa shape index (κ1) is 52.9. The molecule has 1 N–H and O–H groups in total. The Morgan fingerprint density at radius 2 is 1.63 bits per heavy atom. The maximum Gasteiger partial charge on any atom is 0.338 e. The molecule has 0 spiro atoms. The summed E-state index contributed by atoms with van der Waals surface area (Å²) in [7, 11) is 7.10. The summed E-state index contributed by atoms with van der Waals surface area (Å²) < 4.78 is 58.7. The number of esters is 3. The molecule has 0 radical (unpaired) electrons. The Kier molecular flexibility index (Phi) is 16.1. The number of aliphatic hydroxyl groups excluding tert-OH is 1. The van der Waals surface area contributed by atoms with Gasteiger partial charge in [-0.1, -0.05) is 51.8 Å². The summed E-state index contributed by atoms with van der Waals surface area (Å²) >= 11 is 0. The molecule has 5 aliphatic rings. The second-order valence-corrected chi connectivity index (χ2v) is 21.0. The van der Waals surface area contributed by atoms with Crippen LogP contribution < -0.4 is 0 Å². The van der Waals surface area contributed by atoms with Crippen molar-refractivity contribution >= 4 is 23.7 Å². The van der Waals surface area contributed by atoms with Gasteiger partial charge < -0.3 is 52.6 Å². The summed E-state index contributed by atoms with van der Waals surface area (Å²) in [6.45, 7) is 18.3. The molecule has 1 aromatic carbocycles. The molecule has 3 unspecified atom stereocenters. The van der Waals surface area contributed by atoms with E-state index < -0.39 is 119 Å². The van der Waals surface area contributed by atoms with E-state index in [1.165, 1.54) is 7.11 Å². The molecule has 19 atom stereocenters. The maximum absolute atomic E-state index is 15.3. The Labute approximate surface area is 397 Å². The predicted molar refractivity (Wildman–Crippen MR) is 245 cm³/mol. The zero-order chi connectivity index (χ0) is 49.6. The molecule has 0 aliphatic carbocycles. The number of benzene rings is 1. The minimum absolute atomic E-state index is 0.0702. The van der Waals surface area contributed by atoms with Crippen LogP contribution in [-0.2, 0) is 57.0 Å². The number of rotatable bonds is 11. The number of ether oxygens (including phenoxy) is 9. The van der Waals surface area contributed by atoms with Crippen LogP contribution in [0.3, 0.4) is 0 Å². The lowest BCUT2D eigenvalue weighted by Gasteiger charge is -2.50. The highest BCUT2D eigenvalue weighted by Gasteiger charge is 2.71. The molecule has 67 heavy (non-hydrogen) atoms. The van der Waals surface area contributed by atoms with Crippen LogP contribution in [0.25, 0.3) is 0 Å². The molecule has 374 valence electrons. The largest absolute Gasteiger partial charge is 0.458 e. The van der Waals surface area contributed by atoms with Gasteiger partial charge in [0.15, 0.2) is 24.3 Å². The number of terminal acetylenes is 1. The SMILES string of the molecule is C#CCO[C@]1(C)C[C@@H](C)C(=O)C2(C)CN(C)C3C(=O)O[C@@](C)(C32)[C@@H](CC)OC(=O)[C@H](C)[C@@H](O[C@H]2C[C@@](C)(OC)[C@@H](OC(=O)c3ccccc3)[C@H](C)O2)[C@H](C)[C@H]1O[C@@H]1O[C@H](C)C[C@H](N(C)C)[C@H]1O. The Hall–Kier alpha value is -3.50. The number of methoxy groups -OCH3 is 1. The summed E-state index contributed by atoms with van der Waals surface area (Å²) in [6.07, 6.45) is -1.49. The molecular weight excluding hydrogens is 865 g/mol. The third-order valence-corrected chi connectivity index (χ3v) is 15.7. The lowest BCUT2D eigenvalue weighted by Crippen LogP contribution is -2.62. The van der Waals surface area contributed by atoms with Crippen molar-refractivity contribution in [3.05, 3.63) is 35.9 Å². The molecule has 5 heterocycles. The van der Waals surface area contributed by atoms with Gasteiger partial charge in [0.25, 0.3) is 0 Å². The van der Waals surface area contributed by atoms with Crippen LogP contribution in [0.15, 0.2) is 30.3 Å². The van der Waals surface area contributed by atoms with Crippen LogP contribution in [-0.4, -0.2) is 164 Å². The van der Waals surface area contributed by atoms with Crippen molar-refractivity contribution in [1.82, 2.24) is 9.80 Å². The molecule has 1 aromatic rings. The molecule has 16 heteroatoms. The number of ketones is 1. The molecule has 5 saturated heterocycles. The number of likely N-dealkylation sites (tertiary alicyclic amines) is 1. The van der Waals surface area contributed by atoms with Crippen LogP contribution in [0.4, 0.5) is 0 Å². The molecule has 16 nitrogen and oxygen atoms in total. The van der Waals surface area contributed by atoms with E-state index in [-0.39, 0.29) is 50.3 Å². The van der Waals surface area contributed by atoms with Crippen molar-refractivity contribution in [3.8, 4) is 12.3 Å². The highest BCUT2D eigenvalue weighted by molar-refractivity contribution is 5.91. The standard InChI is InChI=1S/C51H76N2O14/c1-16-23-60-50(10)25-28(3)41(55)48(8)27-53(14)37-40(48)51(11,67-46(37)58)35(17-2)63-44(56)31(6)39(30(5)42(50)66-47-38(54)34(52(12)13)24-29(4)61-47)64-36-26-49(9,59-15)43(32(7)62-36)65-45(57)33-21-19-18-20-22-33/h1,18-22,28-32,34-40,42-43,47,54H,17,23-27H2,2-15H3/t28-,29-,30+,31-,32+,34+,35-,36+,37?,38-,39+,40?,42-,43+,47+,48?,49-,50-,51-/m1/s1. The quantitative estimate of drug-likeness (QED) is 0.181. The minimum Gasteiger partial charge on any atom is -0.458 e. The molecule has 5 fully saturated rings. The molecular formula is C51H76N2O14. The van der Waals surface area contributed by atoms with E-state index in [2.05, 4.69) is 5.92 Å². The highest BCUT2D eigenvalue weighted by Crippen LogP contribution is 2.56. The van der Waals surface area contributed by atoms with E-state index in [0.29, 0.717) is 12.0 Å². The number of aliphatic hydroxyl groups is 1. The Balaban J connectivity index is 1.47. The lowest BCUT2D eigenvalue weighted by molar-refractivity contribution is -0.319. The van der Waals surface area contributed by atoms with E-state index in [4.69, 9.17) is 49.1 Å². The summed E-state index contributed by atoms with van der Waals surface area (Å²) in [5.41, 5.74) is -4.65. The lowest BCUT2D eigenvalue weighted by atomic mass is 9.62. The van der Waals surface area contributed by atoms with E-state index in [0.717, 1.165) is 0 Å². The van der Waals surface area contributed by atoms with Gasteiger partial charge >= 0.3 is 17.9 Å². The molecule has 0 amide bonds. The average molecular weight is 941 g/mol. The number of likely N-dealkylation sites (N-methyl/N-ethyl adjacent to an activating group) is 2. The number of hydrogen-bond donors (Lipinski definition) is 1. The highest BCUT2D eigenvalue weighted by atomic mass is 16.7. The van der Waals surface area contributed by atoms with Gasteiger partial charge in [-0.2, -0.15) is 0 Å². The monoisotopic (exact) mass is 941 g/mol. The van der Waals surface area contributed by atoms with Crippen LogP contribution in [0, 0.1) is 41.4 Å². The van der Waals surface area contributed by atoms with Crippen LogP contribution in [0.5, 0.6) is 0 Å². The number of carbonyl (C=O) groups is 4. The van der Waals surface area contributed by atoms with Gasteiger partial charge in [0, 0.05) is 49.3 Å². The molecule has 5 aliphatic heterocycles. The maximum atomic E-state index is 15.3. The first-order valence-electron chi connectivity index (χ1n) is 23.9. The average Bonchev–Trinajstić information content (AvgIpc) is 3.74. The number of nitrogens with zero attached hydrogens (tertiary/aromatic N) is 2. The molecule has 0 aromatic heterocycles. The Morgan fingerprint density at radius 1 is 0.955 bits per heavy atom. The van der Waals surface area contributed by atoms with E-state index >= 15 is 4.79 Å². The van der Waals surface area contributed by atoms with Crippen molar-refractivity contribution in [2.24, 2.45) is 29.1 Å². The van der Waals surface area contributed by atoms with Crippen molar-refractivity contribution in [1.29, 1.82) is 0 Å². The topological polar surface area (TPSA) is 178 Å². The van der Waals surface area contributed by atoms with E-state index in [1.807, 2.05) is 78.4 Å². The van der Waals surface area contributed by atoms with Gasteiger partial charge in [-0.05, 0) is 94.1 Å². The Bertz CT molecular complexity index is 1980. The second kappa shape index (κ2) is 20.5. The van der Waals surface area contributed by atoms with Crippen LogP contribution in [0.1, 0.15) is 105 Å². The minimum atomic E-state index is -1.40. The fourth-order valence-corrected chi connectivity index (χ4v) is 12.4. The third-order valence-electron chi connectivity index (χ3n) is 15.7. The number of cyclic esters (lactones) is 1. The summed E-state index contributed by atoms with van der Waals surface area (Å²) in [5, 5.41) is 11.9. The van der Waals surface area contributed by atoms with Crippen molar-refractivity contribution in [3.63, 3.8) is 0 Å². The summed E-state index contributed by atoms with van der Waals surface area (Å²) in [4.78, 5) is 61.4. The summed E-state index contributed by atoms with van der Waals surface area (Å²) in [6, 6.07) is 7.55. The van der Waals surface area contributed by atoms with Gasteiger partial charge in [0.1, 0.15) is 36.2 Å². The first-order chi connectivity index (χ1) is 31.4. The zero-order valence-electron chi connectivity index (χ0n) is 42.0. The van der Waals surface area contributed by atoms with Gasteiger partial charge in [0.2, 0.25) is 0 Å². The number of hydrogen-bond acceptors (Lipinski definition) is 16. The van der Waals surface area contributed by atoms with Gasteiger partial charge in [-0.15, -0.1) is 6.42 Å². The molecule has 6 rings (SSSR count). The van der Waals surface area contributed by atoms with Crippen LogP contribution >= 0.6 is 0 Å². The number of Topliss-reactive ketones (excluding diaryl/α,β-unsaturated/α-hetero) is 1. The predicted octanol–water partition coefficient (Wildman–Crippen LogP) is 4.81. The van der Waals surface area contributed by atoms with E-state index in [9.17, 15) is 19.5 Å². The van der Waals surface area contributed by atoms with Gasteiger partial charge in [0.05, 0.1) is 41.5 Å². The van der Waals surface area contributed by atoms with Crippen molar-refractivity contribution in [2.45, 2.75) is 179 Å². The zero-order valence-corrected chi connectivity index (χ0v) is 42.0. The fourth-order valence-electron chi connectivity index (χ4n) is 12.4. The Morgan fingerprint density at radius 3 is 2.24 bits per heavy atom. The first-order valence-corrected chi connectivity index (χ1v) is 23.9. The molecule has 0 bridgehead atoms. The normalized spacial score (nSPS) is 44.3. The van der Waals surface area contributed by atoms with Crippen molar-refractivity contribution in [2.75, 3.05) is 41.4 Å². The fraction of sp³-hybridized carbons (Fsp3) is 0.765. The summed E-state index contributed by atoms with van der Waals surface area (Å²) in [5.74, 6) is -2.44. The molecule has 0 saturated carbocycles. The van der Waals surface area contributed by atoms with E-state index in [1.54, 1.807) is 52.1 Å². The van der Waals surface area contributed by atoms with Gasteiger partial charge in [-0.3, -0.25) is 19.3 Å².